The van der Waals surface area contributed by atoms with Crippen LogP contribution in [0.1, 0.15) is 12.8 Å². The zero-order valence-electron chi connectivity index (χ0n) is 18.5. The van der Waals surface area contributed by atoms with Crippen molar-refractivity contribution in [3.8, 4) is 0 Å². The van der Waals surface area contributed by atoms with E-state index in [1.165, 1.54) is 46.6 Å². The van der Waals surface area contributed by atoms with Crippen LogP contribution in [0.15, 0.2) is 47.4 Å². The minimum Gasteiger partial charge on any atom is -0.379 e. The Morgan fingerprint density at radius 2 is 1.91 bits per heavy atom. The maximum Gasteiger partial charge on any atom is 0.229 e. The van der Waals surface area contributed by atoms with Crippen molar-refractivity contribution >= 4 is 54.0 Å². The number of anilines is 1. The predicted molar refractivity (Wildman–Crippen MR) is 132 cm³/mol. The molecule has 0 N–H and O–H groups in total. The number of para-hydroxylation sites is 1. The van der Waals surface area contributed by atoms with Crippen molar-refractivity contribution in [3.63, 3.8) is 0 Å². The van der Waals surface area contributed by atoms with E-state index in [1.807, 2.05) is 0 Å². The number of fused-ring (bicyclic) bond motifs is 1. The zero-order chi connectivity index (χ0) is 24.1. The van der Waals surface area contributed by atoms with Crippen molar-refractivity contribution in [3.05, 3.63) is 53.3 Å². The van der Waals surface area contributed by atoms with Crippen LogP contribution in [0, 0.1) is 5.82 Å². The molecule has 1 aliphatic rings. The summed E-state index contributed by atoms with van der Waals surface area (Å²) >= 11 is 7.07. The molecule has 34 heavy (non-hydrogen) atoms. The Morgan fingerprint density at radius 3 is 2.62 bits per heavy atom. The average molecular weight is 526 g/mol. The molecule has 2 heterocycles. The molecule has 1 saturated heterocycles. The fourth-order valence-electron chi connectivity index (χ4n) is 3.74. The Balaban J connectivity index is 1.49. The third-order valence-electron chi connectivity index (χ3n) is 5.61. The average Bonchev–Trinajstić information content (AvgIpc) is 3.27. The summed E-state index contributed by atoms with van der Waals surface area (Å²) in [5.41, 5.74) is 0.210. The van der Waals surface area contributed by atoms with Crippen molar-refractivity contribution in [2.24, 2.45) is 0 Å². The first-order valence-corrected chi connectivity index (χ1v) is 13.8. The van der Waals surface area contributed by atoms with Crippen molar-refractivity contribution in [2.45, 2.75) is 17.7 Å². The SMILES string of the molecule is O=C(CCS(=O)(=O)c1ccc(Cl)cc1)N(CCCN1CCOCC1)c1nc2c(F)cccc2s1. The molecule has 4 rings (SSSR count). The Hall–Kier alpha value is -2.11. The first-order chi connectivity index (χ1) is 16.3. The molecule has 1 aromatic heterocycles. The number of aromatic nitrogens is 1. The van der Waals surface area contributed by atoms with Gasteiger partial charge in [-0.1, -0.05) is 29.0 Å². The van der Waals surface area contributed by atoms with Crippen LogP contribution in [0.5, 0.6) is 0 Å². The molecule has 0 aliphatic carbocycles. The fraction of sp³-hybridized carbons (Fsp3) is 0.391. The highest BCUT2D eigenvalue weighted by Crippen LogP contribution is 2.31. The Kier molecular flexibility index (Phi) is 8.15. The van der Waals surface area contributed by atoms with E-state index in [0.29, 0.717) is 41.0 Å². The van der Waals surface area contributed by atoms with E-state index in [2.05, 4.69) is 9.88 Å². The lowest BCUT2D eigenvalue weighted by Gasteiger charge is -2.27. The van der Waals surface area contributed by atoms with E-state index >= 15 is 0 Å². The van der Waals surface area contributed by atoms with E-state index in [0.717, 1.165) is 19.6 Å². The summed E-state index contributed by atoms with van der Waals surface area (Å²) in [5.74, 6) is -1.16. The molecule has 0 atom stereocenters. The largest absolute Gasteiger partial charge is 0.379 e. The number of carbonyl (C=O) groups excluding carboxylic acids is 1. The molecule has 11 heteroatoms. The van der Waals surface area contributed by atoms with Crippen molar-refractivity contribution in [1.29, 1.82) is 0 Å². The van der Waals surface area contributed by atoms with Gasteiger partial charge in [-0.25, -0.2) is 17.8 Å². The maximum absolute atomic E-state index is 14.2. The minimum atomic E-state index is -3.66. The number of amides is 1. The summed E-state index contributed by atoms with van der Waals surface area (Å²) in [7, 11) is -3.66. The summed E-state index contributed by atoms with van der Waals surface area (Å²) in [6, 6.07) is 10.5. The van der Waals surface area contributed by atoms with E-state index in [4.69, 9.17) is 16.3 Å². The second-order valence-corrected chi connectivity index (χ2v) is 11.5. The molecule has 1 fully saturated rings. The number of thiazole rings is 1. The van der Waals surface area contributed by atoms with E-state index in [9.17, 15) is 17.6 Å². The fourth-order valence-corrected chi connectivity index (χ4v) is 6.12. The van der Waals surface area contributed by atoms with Crippen LogP contribution in [0.2, 0.25) is 5.02 Å². The van der Waals surface area contributed by atoms with Crippen LogP contribution in [-0.4, -0.2) is 69.4 Å². The third kappa shape index (κ3) is 6.11. The van der Waals surface area contributed by atoms with Crippen LogP contribution in [-0.2, 0) is 19.4 Å². The lowest BCUT2D eigenvalue weighted by molar-refractivity contribution is -0.118. The van der Waals surface area contributed by atoms with Crippen LogP contribution >= 0.6 is 22.9 Å². The molecular weight excluding hydrogens is 501 g/mol. The Morgan fingerprint density at radius 1 is 1.18 bits per heavy atom. The van der Waals surface area contributed by atoms with Crippen LogP contribution in [0.25, 0.3) is 10.2 Å². The number of halogens is 2. The highest BCUT2D eigenvalue weighted by atomic mass is 35.5. The lowest BCUT2D eigenvalue weighted by atomic mass is 10.3. The number of hydrogen-bond donors (Lipinski definition) is 0. The van der Waals surface area contributed by atoms with Gasteiger partial charge in [-0.05, 0) is 42.8 Å². The van der Waals surface area contributed by atoms with Gasteiger partial charge >= 0.3 is 0 Å². The van der Waals surface area contributed by atoms with E-state index in [-0.39, 0.29) is 28.5 Å². The van der Waals surface area contributed by atoms with E-state index in [1.54, 1.807) is 12.1 Å². The quantitative estimate of drug-likeness (QED) is 0.420. The van der Waals surface area contributed by atoms with Crippen LogP contribution in [0.3, 0.4) is 0 Å². The second kappa shape index (κ2) is 11.1. The van der Waals surface area contributed by atoms with Gasteiger partial charge in [0.25, 0.3) is 0 Å². The van der Waals surface area contributed by atoms with Gasteiger partial charge in [0.1, 0.15) is 11.3 Å². The predicted octanol–water partition coefficient (Wildman–Crippen LogP) is 4.01. The highest BCUT2D eigenvalue weighted by molar-refractivity contribution is 7.91. The summed E-state index contributed by atoms with van der Waals surface area (Å²) in [4.78, 5) is 21.4. The van der Waals surface area contributed by atoms with Crippen molar-refractivity contribution in [1.82, 2.24) is 9.88 Å². The van der Waals surface area contributed by atoms with Gasteiger partial charge in [-0.2, -0.15) is 0 Å². The van der Waals surface area contributed by atoms with Gasteiger partial charge in [0.2, 0.25) is 5.91 Å². The monoisotopic (exact) mass is 525 g/mol. The molecule has 2 aromatic carbocycles. The topological polar surface area (TPSA) is 79.8 Å². The minimum absolute atomic E-state index is 0.116. The number of morpholine rings is 1. The van der Waals surface area contributed by atoms with Crippen molar-refractivity contribution < 1.29 is 22.3 Å². The van der Waals surface area contributed by atoms with Gasteiger partial charge in [0, 0.05) is 37.6 Å². The Bertz CT molecular complexity index is 1240. The molecule has 182 valence electrons. The highest BCUT2D eigenvalue weighted by Gasteiger charge is 2.24. The molecule has 0 radical (unpaired) electrons. The first-order valence-electron chi connectivity index (χ1n) is 11.0. The molecule has 0 unspecified atom stereocenters. The summed E-state index contributed by atoms with van der Waals surface area (Å²) in [6.07, 6.45) is 0.467. The number of benzene rings is 2. The summed E-state index contributed by atoms with van der Waals surface area (Å²) in [5, 5.41) is 0.806. The number of rotatable bonds is 9. The van der Waals surface area contributed by atoms with Crippen LogP contribution in [0.4, 0.5) is 9.52 Å². The van der Waals surface area contributed by atoms with Gasteiger partial charge in [0.15, 0.2) is 15.0 Å². The third-order valence-corrected chi connectivity index (χ3v) is 8.64. The number of sulfone groups is 1. The number of hydrogen-bond acceptors (Lipinski definition) is 7. The molecular formula is C23H25ClFN3O4S2. The zero-order valence-corrected chi connectivity index (χ0v) is 20.8. The van der Waals surface area contributed by atoms with E-state index < -0.39 is 15.7 Å². The Labute approximate surface area is 207 Å². The molecule has 3 aromatic rings. The first kappa shape index (κ1) is 25.0. The van der Waals surface area contributed by atoms with Gasteiger partial charge < -0.3 is 4.74 Å². The molecule has 1 aliphatic heterocycles. The molecule has 7 nitrogen and oxygen atoms in total. The summed E-state index contributed by atoms with van der Waals surface area (Å²) < 4.78 is 45.7. The van der Waals surface area contributed by atoms with Crippen LogP contribution < -0.4 is 4.90 Å². The van der Waals surface area contributed by atoms with Gasteiger partial charge in [-0.3, -0.25) is 14.6 Å². The molecule has 1 amide bonds. The lowest BCUT2D eigenvalue weighted by Crippen LogP contribution is -2.39. The molecule has 0 saturated carbocycles. The van der Waals surface area contributed by atoms with Gasteiger partial charge in [0.05, 0.1) is 28.6 Å². The molecule has 0 bridgehead atoms. The normalized spacial score (nSPS) is 15.0. The number of carbonyl (C=O) groups is 1. The standard InChI is InChI=1S/C23H25ClFN3O4S2/c24-17-5-7-18(8-6-17)34(30,31)16-9-21(29)28(11-2-10-27-12-14-32-15-13-27)23-26-22-19(25)3-1-4-20(22)33-23/h1,3-8H,2,9-16H2. The number of nitrogens with zero attached hydrogens (tertiary/aromatic N) is 3. The smallest absolute Gasteiger partial charge is 0.229 e. The van der Waals surface area contributed by atoms with Gasteiger partial charge in [-0.15, -0.1) is 0 Å². The summed E-state index contributed by atoms with van der Waals surface area (Å²) in [6.45, 7) is 4.16. The molecule has 0 spiro atoms. The number of ether oxygens (including phenoxy) is 1. The second-order valence-electron chi connectivity index (χ2n) is 7.96. The maximum atomic E-state index is 14.2. The van der Waals surface area contributed by atoms with Crippen molar-refractivity contribution in [2.75, 3.05) is 50.0 Å².